The predicted molar refractivity (Wildman–Crippen MR) is 127 cm³/mol. The molecule has 0 aliphatic carbocycles. The van der Waals surface area contributed by atoms with Crippen LogP contribution in [0.3, 0.4) is 0 Å². The molecule has 0 saturated heterocycles. The van der Waals surface area contributed by atoms with E-state index in [-0.39, 0.29) is 0 Å². The Morgan fingerprint density at radius 3 is 1.24 bits per heavy atom. The Morgan fingerprint density at radius 2 is 0.951 bits per heavy atom. The van der Waals surface area contributed by atoms with Crippen molar-refractivity contribution in [3.05, 3.63) is 103 Å². The maximum Gasteiger partial charge on any atom is 0.419 e. The fourth-order valence-electron chi connectivity index (χ4n) is 4.82. The van der Waals surface area contributed by atoms with E-state index in [0.29, 0.717) is 36.4 Å². The molecule has 0 aromatic heterocycles. The summed E-state index contributed by atoms with van der Waals surface area (Å²) in [6.45, 7) is 0. The average molecular weight is 574 g/mol. The molecule has 13 heteroatoms. The second-order valence-electron chi connectivity index (χ2n) is 8.80. The van der Waals surface area contributed by atoms with Crippen molar-refractivity contribution in [3.8, 4) is 34.4 Å². The molecule has 0 unspecified atom stereocenters. The lowest BCUT2D eigenvalue weighted by Gasteiger charge is -2.09. The molecule has 0 heterocycles. The molecular weight excluding hydrogens is 567 g/mol. The molecule has 0 aliphatic heterocycles. The van der Waals surface area contributed by atoms with Crippen molar-refractivity contribution >= 4 is 21.5 Å². The van der Waals surface area contributed by atoms with Gasteiger partial charge in [-0.1, -0.05) is 12.1 Å². The molecule has 0 saturated carbocycles. The smallest absolute Gasteiger partial charge is 0.289 e. The van der Waals surface area contributed by atoms with Gasteiger partial charge in [0.1, 0.15) is 29.6 Å². The monoisotopic (exact) mass is 574 g/mol. The molecular formula is C28H7F9N2O2. The Balaban J connectivity index is 1.83. The lowest BCUT2D eigenvalue weighted by Crippen LogP contribution is -2.09. The molecule has 0 aliphatic rings. The van der Waals surface area contributed by atoms with E-state index < -0.39 is 107 Å². The van der Waals surface area contributed by atoms with E-state index in [1.807, 2.05) is 0 Å². The first-order chi connectivity index (χ1) is 19.1. The Labute approximate surface area is 221 Å². The van der Waals surface area contributed by atoms with E-state index in [1.54, 1.807) is 12.1 Å². The third-order valence-corrected chi connectivity index (χ3v) is 6.56. The third-order valence-electron chi connectivity index (χ3n) is 6.56. The molecule has 5 aromatic carbocycles. The summed E-state index contributed by atoms with van der Waals surface area (Å²) < 4.78 is 122. The number of nitriles is 2. The van der Waals surface area contributed by atoms with Crippen molar-refractivity contribution in [3.63, 3.8) is 0 Å². The van der Waals surface area contributed by atoms with E-state index in [2.05, 4.69) is 0 Å². The topological polar surface area (TPSA) is 81.7 Å². The van der Waals surface area contributed by atoms with Crippen LogP contribution in [0.5, 0.6) is 0 Å². The van der Waals surface area contributed by atoms with E-state index in [4.69, 9.17) is 0 Å². The third kappa shape index (κ3) is 4.00. The highest BCUT2D eigenvalue weighted by molar-refractivity contribution is 6.10. The normalized spacial score (nSPS) is 12.2. The molecule has 0 atom stereocenters. The highest BCUT2D eigenvalue weighted by atomic mass is 19.4. The van der Waals surface area contributed by atoms with Crippen molar-refractivity contribution in [2.75, 3.05) is 0 Å². The zero-order valence-corrected chi connectivity index (χ0v) is 19.7. The zero-order valence-electron chi connectivity index (χ0n) is 19.7. The van der Waals surface area contributed by atoms with Crippen LogP contribution in [0.1, 0.15) is 22.3 Å². The van der Waals surface area contributed by atoms with Crippen molar-refractivity contribution < 1.29 is 39.5 Å². The Kier molecular flexibility index (Phi) is 5.96. The fraction of sp³-hybridized carbons (Fsp3) is 0.0714. The van der Waals surface area contributed by atoms with Gasteiger partial charge in [0.15, 0.2) is 10.9 Å². The van der Waals surface area contributed by atoms with E-state index >= 15 is 4.39 Å². The van der Waals surface area contributed by atoms with Gasteiger partial charge in [-0.25, -0.2) is 13.2 Å². The molecule has 0 amide bonds. The zero-order chi connectivity index (χ0) is 30.2. The quantitative estimate of drug-likeness (QED) is 0.210. The van der Waals surface area contributed by atoms with Crippen LogP contribution in [0, 0.1) is 40.1 Å². The first-order valence-electron chi connectivity index (χ1n) is 11.1. The maximum atomic E-state index is 16.0. The van der Waals surface area contributed by atoms with Crippen LogP contribution in [0.4, 0.5) is 39.5 Å². The fourth-order valence-corrected chi connectivity index (χ4v) is 4.82. The molecule has 0 radical (unpaired) electrons. The van der Waals surface area contributed by atoms with Crippen molar-refractivity contribution in [2.24, 2.45) is 0 Å². The summed E-state index contributed by atoms with van der Waals surface area (Å²) in [6, 6.07) is 6.65. The highest BCUT2D eigenvalue weighted by Gasteiger charge is 2.36. The molecule has 41 heavy (non-hydrogen) atoms. The number of hydrogen-bond acceptors (Lipinski definition) is 4. The van der Waals surface area contributed by atoms with Crippen LogP contribution in [-0.4, -0.2) is 0 Å². The number of fused-ring (bicyclic) bond motifs is 2. The van der Waals surface area contributed by atoms with E-state index in [1.165, 1.54) is 0 Å². The van der Waals surface area contributed by atoms with Gasteiger partial charge < -0.3 is 0 Å². The van der Waals surface area contributed by atoms with E-state index in [9.17, 15) is 55.2 Å². The van der Waals surface area contributed by atoms with Crippen molar-refractivity contribution in [2.45, 2.75) is 12.4 Å². The SMILES string of the molecule is N#Cc1c(-c2ccc(C(F)(F)F)c(F)c2)c(=O)c2cc3c(=O)c(-c4ccc(C(F)(F)F)c(F)c4)c(C#N)c3c(F)c12. The van der Waals surface area contributed by atoms with Gasteiger partial charge in [0.25, 0.3) is 0 Å². The van der Waals surface area contributed by atoms with Crippen LogP contribution in [0.15, 0.2) is 52.1 Å². The minimum absolute atomic E-state index is 0.328. The molecule has 4 nitrogen and oxygen atoms in total. The van der Waals surface area contributed by atoms with Gasteiger partial charge in [-0.3, -0.25) is 9.59 Å². The van der Waals surface area contributed by atoms with Crippen molar-refractivity contribution in [1.29, 1.82) is 10.5 Å². The van der Waals surface area contributed by atoms with Gasteiger partial charge in [-0.2, -0.15) is 36.9 Å². The molecule has 204 valence electrons. The predicted octanol–water partition coefficient (Wildman–Crippen LogP) is 7.12. The molecule has 0 N–H and O–H groups in total. The molecule has 5 aromatic rings. The largest absolute Gasteiger partial charge is 0.419 e. The molecule has 0 fully saturated rings. The minimum atomic E-state index is -5.07. The Morgan fingerprint density at radius 1 is 0.585 bits per heavy atom. The standard InChI is InChI=1S/C28H7F9N2O2/c29-18-5-10(1-3-16(18)27(32,33)34)20-14(8-38)22-12(25(20)40)7-13-23(24(22)31)15(9-39)21(26(13)41)11-2-4-17(19(30)6-11)28(35,36)37/h1-7H. The van der Waals surface area contributed by atoms with Crippen LogP contribution < -0.4 is 10.9 Å². The average Bonchev–Trinajstić information content (AvgIpc) is 3.33. The number of halogens is 9. The van der Waals surface area contributed by atoms with Crippen LogP contribution in [0.25, 0.3) is 43.8 Å². The van der Waals surface area contributed by atoms with Gasteiger partial charge in [-0.15, -0.1) is 0 Å². The minimum Gasteiger partial charge on any atom is -0.289 e. The first kappa shape index (κ1) is 27.4. The summed E-state index contributed by atoms with van der Waals surface area (Å²) in [7, 11) is 0. The first-order valence-corrected chi connectivity index (χ1v) is 11.1. The summed E-state index contributed by atoms with van der Waals surface area (Å²) in [5.41, 5.74) is -9.32. The van der Waals surface area contributed by atoms with Crippen LogP contribution in [-0.2, 0) is 12.4 Å². The molecule has 5 rings (SSSR count). The van der Waals surface area contributed by atoms with Crippen molar-refractivity contribution in [1.82, 2.24) is 0 Å². The Hall–Kier alpha value is -5.17. The second kappa shape index (κ2) is 8.93. The van der Waals surface area contributed by atoms with Gasteiger partial charge in [0.2, 0.25) is 0 Å². The lowest BCUT2D eigenvalue weighted by atomic mass is 10.00. The highest BCUT2D eigenvalue weighted by Crippen LogP contribution is 2.40. The lowest BCUT2D eigenvalue weighted by molar-refractivity contribution is -0.140. The van der Waals surface area contributed by atoms with Gasteiger partial charge in [-0.05, 0) is 41.5 Å². The molecule has 0 spiro atoms. The van der Waals surface area contributed by atoms with Gasteiger partial charge >= 0.3 is 12.4 Å². The number of rotatable bonds is 2. The summed E-state index contributed by atoms with van der Waals surface area (Å²) in [4.78, 5) is 26.5. The number of nitrogens with zero attached hydrogens (tertiary/aromatic N) is 2. The summed E-state index contributed by atoms with van der Waals surface area (Å²) >= 11 is 0. The summed E-state index contributed by atoms with van der Waals surface area (Å²) in [5.74, 6) is -4.98. The maximum absolute atomic E-state index is 16.0. The van der Waals surface area contributed by atoms with E-state index in [0.717, 1.165) is 6.07 Å². The Bertz CT molecular complexity index is 1970. The van der Waals surface area contributed by atoms with Crippen LogP contribution in [0.2, 0.25) is 0 Å². The molecule has 0 bridgehead atoms. The number of hydrogen-bond donors (Lipinski definition) is 0. The number of alkyl halides is 6. The summed E-state index contributed by atoms with van der Waals surface area (Å²) in [5, 5.41) is 16.8. The summed E-state index contributed by atoms with van der Waals surface area (Å²) in [6.07, 6.45) is -10.1. The van der Waals surface area contributed by atoms with Crippen LogP contribution >= 0.6 is 0 Å². The number of benzene rings is 3. The van der Waals surface area contributed by atoms with Gasteiger partial charge in [0, 0.05) is 32.7 Å². The van der Waals surface area contributed by atoms with Gasteiger partial charge in [0.05, 0.1) is 22.3 Å². The second-order valence-corrected chi connectivity index (χ2v) is 8.80.